The molecule has 0 saturated carbocycles. The second-order valence-electron chi connectivity index (χ2n) is 2.31. The van der Waals surface area contributed by atoms with Gasteiger partial charge in [0.25, 0.3) is 0 Å². The van der Waals surface area contributed by atoms with Crippen LogP contribution in [0.2, 0.25) is 5.02 Å². The molecule has 0 saturated heterocycles. The number of rotatable bonds is 2. The van der Waals surface area contributed by atoms with Crippen molar-refractivity contribution in [1.82, 2.24) is 0 Å². The molecule has 0 spiro atoms. The molecule has 0 radical (unpaired) electrons. The second-order valence-corrected chi connectivity index (χ2v) is 2.75. The first-order valence-corrected chi connectivity index (χ1v) is 3.65. The molecule has 0 atom stereocenters. The summed E-state index contributed by atoms with van der Waals surface area (Å²) >= 11 is 5.60. The minimum absolute atomic E-state index is 0.0894. The van der Waals surface area contributed by atoms with Gasteiger partial charge in [-0.2, -0.15) is 0 Å². The number of aromatic carboxylic acids is 1. The average Bonchev–Trinajstić information content (AvgIpc) is 2.03. The molecule has 0 fully saturated rings. The number of hydrogen-bond donors (Lipinski definition) is 2. The summed E-state index contributed by atoms with van der Waals surface area (Å²) in [6.45, 7) is -0.208. The Bertz CT molecular complexity index is 309. The Morgan fingerprint density at radius 3 is 2.58 bits per heavy atom. The summed E-state index contributed by atoms with van der Waals surface area (Å²) in [6.07, 6.45) is 0. The first-order valence-electron chi connectivity index (χ1n) is 3.27. The third kappa shape index (κ3) is 1.96. The second kappa shape index (κ2) is 3.56. The van der Waals surface area contributed by atoms with E-state index in [0.29, 0.717) is 10.6 Å². The highest BCUT2D eigenvalue weighted by Gasteiger charge is 2.04. The summed E-state index contributed by atoms with van der Waals surface area (Å²) in [7, 11) is 0. The minimum atomic E-state index is -1.05. The summed E-state index contributed by atoms with van der Waals surface area (Å²) in [5, 5.41) is 17.6. The third-order valence-corrected chi connectivity index (χ3v) is 1.61. The molecule has 0 bridgehead atoms. The summed E-state index contributed by atoms with van der Waals surface area (Å²) in [4.78, 5) is 10.5. The molecule has 0 heterocycles. The molecule has 1 rings (SSSR count). The van der Waals surface area contributed by atoms with Gasteiger partial charge < -0.3 is 10.2 Å². The Labute approximate surface area is 74.2 Å². The van der Waals surface area contributed by atoms with Gasteiger partial charge in [0, 0.05) is 5.02 Å². The van der Waals surface area contributed by atoms with E-state index in [2.05, 4.69) is 0 Å². The lowest BCUT2D eigenvalue weighted by molar-refractivity contribution is 0.0696. The van der Waals surface area contributed by atoms with Crippen LogP contribution in [0.5, 0.6) is 0 Å². The molecular weight excluding hydrogens is 180 g/mol. The van der Waals surface area contributed by atoms with Crippen molar-refractivity contribution in [2.45, 2.75) is 6.61 Å². The number of aliphatic hydroxyl groups is 1. The quantitative estimate of drug-likeness (QED) is 0.737. The molecule has 1 aromatic rings. The molecule has 0 aliphatic heterocycles. The van der Waals surface area contributed by atoms with E-state index in [4.69, 9.17) is 21.8 Å². The van der Waals surface area contributed by atoms with Crippen LogP contribution in [0, 0.1) is 0 Å². The van der Waals surface area contributed by atoms with Gasteiger partial charge in [0.2, 0.25) is 0 Å². The van der Waals surface area contributed by atoms with Crippen LogP contribution in [0.3, 0.4) is 0 Å². The zero-order chi connectivity index (χ0) is 9.14. The van der Waals surface area contributed by atoms with Crippen molar-refractivity contribution in [1.29, 1.82) is 0 Å². The molecule has 64 valence electrons. The van der Waals surface area contributed by atoms with E-state index in [1.807, 2.05) is 0 Å². The summed E-state index contributed by atoms with van der Waals surface area (Å²) < 4.78 is 0. The number of hydrogen-bond acceptors (Lipinski definition) is 2. The largest absolute Gasteiger partial charge is 0.478 e. The number of carboxylic acids is 1. The lowest BCUT2D eigenvalue weighted by Gasteiger charge is -1.99. The number of carbonyl (C=O) groups is 1. The molecule has 3 nitrogen and oxygen atoms in total. The maximum Gasteiger partial charge on any atom is 0.335 e. The minimum Gasteiger partial charge on any atom is -0.478 e. The molecular formula is C8H7ClO3. The van der Waals surface area contributed by atoms with Crippen molar-refractivity contribution < 1.29 is 15.0 Å². The van der Waals surface area contributed by atoms with Crippen LogP contribution in [0.4, 0.5) is 0 Å². The Hall–Kier alpha value is -1.06. The van der Waals surface area contributed by atoms with E-state index in [-0.39, 0.29) is 12.2 Å². The first kappa shape index (κ1) is 9.03. The smallest absolute Gasteiger partial charge is 0.335 e. The van der Waals surface area contributed by atoms with Gasteiger partial charge in [-0.05, 0) is 23.8 Å². The van der Waals surface area contributed by atoms with Crippen molar-refractivity contribution in [3.05, 3.63) is 34.3 Å². The van der Waals surface area contributed by atoms with Crippen LogP contribution in [0.25, 0.3) is 0 Å². The van der Waals surface area contributed by atoms with Gasteiger partial charge in [-0.1, -0.05) is 11.6 Å². The molecule has 2 N–H and O–H groups in total. The molecule has 0 aromatic heterocycles. The van der Waals surface area contributed by atoms with Gasteiger partial charge >= 0.3 is 5.97 Å². The lowest BCUT2D eigenvalue weighted by atomic mass is 10.1. The van der Waals surface area contributed by atoms with Gasteiger partial charge in [-0.25, -0.2) is 4.79 Å². The number of benzene rings is 1. The van der Waals surface area contributed by atoms with Crippen LogP contribution in [0.15, 0.2) is 18.2 Å². The van der Waals surface area contributed by atoms with E-state index < -0.39 is 5.97 Å². The van der Waals surface area contributed by atoms with Crippen LogP contribution in [-0.2, 0) is 6.61 Å². The normalized spacial score (nSPS) is 9.83. The van der Waals surface area contributed by atoms with Crippen molar-refractivity contribution in [3.8, 4) is 0 Å². The summed E-state index contributed by atoms with van der Waals surface area (Å²) in [6, 6.07) is 4.24. The summed E-state index contributed by atoms with van der Waals surface area (Å²) in [5.74, 6) is -1.05. The molecule has 0 unspecified atom stereocenters. The third-order valence-electron chi connectivity index (χ3n) is 1.39. The number of aliphatic hydroxyl groups excluding tert-OH is 1. The maximum atomic E-state index is 10.5. The zero-order valence-electron chi connectivity index (χ0n) is 6.12. The fourth-order valence-corrected chi connectivity index (χ4v) is 1.12. The molecule has 1 aromatic carbocycles. The van der Waals surface area contributed by atoms with Crippen LogP contribution in [0.1, 0.15) is 15.9 Å². The molecule has 0 amide bonds. The zero-order valence-corrected chi connectivity index (χ0v) is 6.88. The Morgan fingerprint density at radius 2 is 2.08 bits per heavy atom. The van der Waals surface area contributed by atoms with E-state index >= 15 is 0 Å². The van der Waals surface area contributed by atoms with E-state index in [1.165, 1.54) is 18.2 Å². The SMILES string of the molecule is O=C(O)c1cc(Cl)cc(CO)c1. The van der Waals surface area contributed by atoms with Crippen LogP contribution < -0.4 is 0 Å². The fraction of sp³-hybridized carbons (Fsp3) is 0.125. The predicted octanol–water partition coefficient (Wildman–Crippen LogP) is 1.53. The Balaban J connectivity index is 3.15. The molecule has 12 heavy (non-hydrogen) atoms. The molecule has 4 heteroatoms. The standard InChI is InChI=1S/C8H7ClO3/c9-7-2-5(4-10)1-6(3-7)8(11)12/h1-3,10H,4H2,(H,11,12). The number of halogens is 1. The first-order chi connectivity index (χ1) is 5.63. The maximum absolute atomic E-state index is 10.5. The highest BCUT2D eigenvalue weighted by molar-refractivity contribution is 6.31. The summed E-state index contributed by atoms with van der Waals surface area (Å²) in [5.41, 5.74) is 0.589. The Kier molecular flexibility index (Phi) is 2.68. The van der Waals surface area contributed by atoms with Crippen molar-refractivity contribution in [2.75, 3.05) is 0 Å². The van der Waals surface area contributed by atoms with Crippen molar-refractivity contribution >= 4 is 17.6 Å². The van der Waals surface area contributed by atoms with Crippen LogP contribution >= 0.6 is 11.6 Å². The van der Waals surface area contributed by atoms with Gasteiger partial charge in [-0.15, -0.1) is 0 Å². The van der Waals surface area contributed by atoms with E-state index in [0.717, 1.165) is 0 Å². The predicted molar refractivity (Wildman–Crippen MR) is 44.3 cm³/mol. The highest BCUT2D eigenvalue weighted by atomic mass is 35.5. The average molecular weight is 187 g/mol. The highest BCUT2D eigenvalue weighted by Crippen LogP contribution is 2.15. The van der Waals surface area contributed by atoms with Gasteiger partial charge in [0.15, 0.2) is 0 Å². The fourth-order valence-electron chi connectivity index (χ4n) is 0.865. The van der Waals surface area contributed by atoms with E-state index in [1.54, 1.807) is 0 Å². The van der Waals surface area contributed by atoms with Gasteiger partial charge in [0.05, 0.1) is 12.2 Å². The monoisotopic (exact) mass is 186 g/mol. The van der Waals surface area contributed by atoms with Crippen molar-refractivity contribution in [2.24, 2.45) is 0 Å². The molecule has 0 aliphatic carbocycles. The van der Waals surface area contributed by atoms with Gasteiger partial charge in [-0.3, -0.25) is 0 Å². The van der Waals surface area contributed by atoms with Crippen molar-refractivity contribution in [3.63, 3.8) is 0 Å². The van der Waals surface area contributed by atoms with Gasteiger partial charge in [0.1, 0.15) is 0 Å². The number of carboxylic acid groups (broad SMARTS) is 1. The van der Waals surface area contributed by atoms with Crippen LogP contribution in [-0.4, -0.2) is 16.2 Å². The molecule has 0 aliphatic rings. The lowest BCUT2D eigenvalue weighted by Crippen LogP contribution is -1.97. The topological polar surface area (TPSA) is 57.5 Å². The van der Waals surface area contributed by atoms with E-state index in [9.17, 15) is 4.79 Å². The Morgan fingerprint density at radius 1 is 1.42 bits per heavy atom.